The fraction of sp³-hybridized carbons (Fsp3) is 0.500. The predicted molar refractivity (Wildman–Crippen MR) is 166 cm³/mol. The second-order valence-electron chi connectivity index (χ2n) is 12.3. The van der Waals surface area contributed by atoms with E-state index < -0.39 is 31.8 Å². The zero-order valence-corrected chi connectivity index (χ0v) is 27.0. The van der Waals surface area contributed by atoms with Gasteiger partial charge in [-0.25, -0.2) is 19.6 Å². The minimum atomic E-state index is -2.12. The van der Waals surface area contributed by atoms with Crippen molar-refractivity contribution in [2.75, 3.05) is 7.11 Å². The van der Waals surface area contributed by atoms with Gasteiger partial charge in [-0.05, 0) is 55.1 Å². The molecule has 220 valence electrons. The summed E-state index contributed by atoms with van der Waals surface area (Å²) in [6.07, 6.45) is 2.85. The van der Waals surface area contributed by atoms with E-state index in [4.69, 9.17) is 9.47 Å². The molecule has 2 aromatic heterocycles. The van der Waals surface area contributed by atoms with Crippen molar-refractivity contribution < 1.29 is 19.1 Å². The summed E-state index contributed by atoms with van der Waals surface area (Å²) >= 11 is 0. The van der Waals surface area contributed by atoms with Gasteiger partial charge in [-0.15, -0.1) is 5.54 Å². The zero-order chi connectivity index (χ0) is 30.5. The van der Waals surface area contributed by atoms with E-state index in [1.54, 1.807) is 39.2 Å². The monoisotopic (exact) mass is 576 g/mol. The Kier molecular flexibility index (Phi) is 10.0. The van der Waals surface area contributed by atoms with Crippen molar-refractivity contribution in [3.63, 3.8) is 0 Å². The molecule has 0 radical (unpaired) electrons. The number of esters is 1. The fourth-order valence-corrected chi connectivity index (χ4v) is 11.1. The Morgan fingerprint density at radius 3 is 2.10 bits per heavy atom. The summed E-state index contributed by atoms with van der Waals surface area (Å²) in [5, 5.41) is 3.62. The van der Waals surface area contributed by atoms with Crippen LogP contribution in [0, 0.1) is 11.5 Å². The number of alkyl carbamates (subject to hydrolysis) is 1. The SMILES string of the molecule is COC(=O)[C@H](Cc1c(C#C[Si](C(C)C)(C(C)C)C(C)C)n(-c2ncccn2)c2ccccc12)NC(=O)OC(C)(C)C. The van der Waals surface area contributed by atoms with Crippen LogP contribution in [-0.2, 0) is 20.7 Å². The second-order valence-corrected chi connectivity index (χ2v) is 17.9. The molecule has 0 saturated carbocycles. The van der Waals surface area contributed by atoms with Crippen molar-refractivity contribution in [3.8, 4) is 17.4 Å². The van der Waals surface area contributed by atoms with Gasteiger partial charge >= 0.3 is 12.1 Å². The van der Waals surface area contributed by atoms with E-state index in [1.165, 1.54) is 7.11 Å². The highest BCUT2D eigenvalue weighted by molar-refractivity contribution is 6.90. The number of fused-ring (bicyclic) bond motifs is 1. The van der Waals surface area contributed by atoms with Crippen LogP contribution in [0.3, 0.4) is 0 Å². The molecule has 0 bridgehead atoms. The van der Waals surface area contributed by atoms with Gasteiger partial charge < -0.3 is 14.8 Å². The van der Waals surface area contributed by atoms with Gasteiger partial charge in [-0.3, -0.25) is 4.57 Å². The molecule has 0 aliphatic rings. The summed E-state index contributed by atoms with van der Waals surface area (Å²) in [7, 11) is -0.817. The number of hydrogen-bond donors (Lipinski definition) is 1. The Morgan fingerprint density at radius 2 is 1.56 bits per heavy atom. The number of nitrogens with zero attached hydrogens (tertiary/aromatic N) is 3. The third-order valence-electron chi connectivity index (χ3n) is 7.58. The van der Waals surface area contributed by atoms with Gasteiger partial charge in [0.1, 0.15) is 25.4 Å². The third-order valence-corrected chi connectivity index (χ3v) is 13.9. The first-order valence-electron chi connectivity index (χ1n) is 14.2. The number of hydrogen-bond acceptors (Lipinski definition) is 6. The highest BCUT2D eigenvalue weighted by Crippen LogP contribution is 2.41. The number of rotatable bonds is 8. The number of aromatic nitrogens is 3. The van der Waals surface area contributed by atoms with E-state index in [2.05, 4.69) is 68.3 Å². The van der Waals surface area contributed by atoms with Gasteiger partial charge in [0.05, 0.1) is 12.6 Å². The lowest BCUT2D eigenvalue weighted by atomic mass is 10.0. The second kappa shape index (κ2) is 12.9. The molecular formula is C32H44N4O4Si. The Hall–Kier alpha value is -3.64. The summed E-state index contributed by atoms with van der Waals surface area (Å²) in [5.41, 5.74) is 6.79. The number of benzene rings is 1. The molecule has 8 nitrogen and oxygen atoms in total. The standard InChI is InChI=1S/C32H44N4O4Si/c1-21(2)41(22(3)4,23(5)6)19-16-28-25(20-26(29(37)39-10)35-31(38)40-32(7,8)9)24-14-11-12-15-27(24)36(28)30-33-17-13-18-34-30/h11-15,17-18,21-23,26H,20H2,1-10H3,(H,35,38)/t26-/m0/s1. The van der Waals surface area contributed by atoms with Gasteiger partial charge in [0.2, 0.25) is 5.95 Å². The Labute approximate surface area is 245 Å². The number of methoxy groups -OCH3 is 1. The maximum absolute atomic E-state index is 13.0. The van der Waals surface area contributed by atoms with Crippen molar-refractivity contribution in [2.24, 2.45) is 0 Å². The smallest absolute Gasteiger partial charge is 0.408 e. The summed E-state index contributed by atoms with van der Waals surface area (Å²) < 4.78 is 12.5. The normalized spacial score (nSPS) is 12.8. The van der Waals surface area contributed by atoms with E-state index in [0.29, 0.717) is 28.3 Å². The molecule has 1 N–H and O–H groups in total. The molecule has 0 unspecified atom stereocenters. The van der Waals surface area contributed by atoms with E-state index in [-0.39, 0.29) is 6.42 Å². The summed E-state index contributed by atoms with van der Waals surface area (Å²) in [5.74, 6) is 3.52. The molecule has 0 fully saturated rings. The lowest BCUT2D eigenvalue weighted by Gasteiger charge is -2.38. The highest BCUT2D eigenvalue weighted by atomic mass is 28.3. The molecule has 3 aromatic rings. The van der Waals surface area contributed by atoms with Crippen LogP contribution in [-0.4, -0.2) is 53.4 Å². The van der Waals surface area contributed by atoms with Crippen molar-refractivity contribution in [1.29, 1.82) is 0 Å². The molecule has 0 spiro atoms. The molecule has 9 heteroatoms. The number of para-hydroxylation sites is 1. The van der Waals surface area contributed by atoms with Gasteiger partial charge in [-0.2, -0.15) is 0 Å². The first kappa shape index (κ1) is 31.9. The molecule has 2 heterocycles. The van der Waals surface area contributed by atoms with Crippen LogP contribution >= 0.6 is 0 Å². The van der Waals surface area contributed by atoms with Gasteiger partial charge in [0.25, 0.3) is 0 Å². The molecule has 1 aromatic carbocycles. The predicted octanol–water partition coefficient (Wildman–Crippen LogP) is 6.60. The third kappa shape index (κ3) is 6.99. The molecule has 0 aliphatic carbocycles. The minimum absolute atomic E-state index is 0.149. The minimum Gasteiger partial charge on any atom is -0.467 e. The Morgan fingerprint density at radius 1 is 0.976 bits per heavy atom. The number of ether oxygens (including phenoxy) is 2. The molecule has 0 saturated heterocycles. The fourth-order valence-electron chi connectivity index (χ4n) is 5.85. The number of carbonyl (C=O) groups excluding carboxylic acids is 2. The van der Waals surface area contributed by atoms with E-state index in [0.717, 1.165) is 16.5 Å². The van der Waals surface area contributed by atoms with Crippen LogP contribution < -0.4 is 5.32 Å². The first-order chi connectivity index (χ1) is 19.2. The van der Waals surface area contributed by atoms with Crippen LogP contribution in [0.2, 0.25) is 16.6 Å². The van der Waals surface area contributed by atoms with Crippen LogP contribution in [0.15, 0.2) is 42.7 Å². The van der Waals surface area contributed by atoms with Crippen molar-refractivity contribution in [1.82, 2.24) is 19.9 Å². The molecule has 1 atom stereocenters. The first-order valence-corrected chi connectivity index (χ1v) is 16.5. The lowest BCUT2D eigenvalue weighted by Crippen LogP contribution is -2.45. The molecule has 3 rings (SSSR count). The van der Waals surface area contributed by atoms with E-state index in [9.17, 15) is 9.59 Å². The average molecular weight is 577 g/mol. The van der Waals surface area contributed by atoms with Gasteiger partial charge in [-0.1, -0.05) is 65.7 Å². The van der Waals surface area contributed by atoms with Crippen LogP contribution in [0.5, 0.6) is 0 Å². The number of nitrogens with one attached hydrogen (secondary N) is 1. The maximum atomic E-state index is 13.0. The molecule has 1 amide bonds. The average Bonchev–Trinajstić information content (AvgIpc) is 3.20. The van der Waals surface area contributed by atoms with E-state index >= 15 is 0 Å². The van der Waals surface area contributed by atoms with Crippen molar-refractivity contribution in [2.45, 2.75) is 97.0 Å². The van der Waals surface area contributed by atoms with Crippen molar-refractivity contribution in [3.05, 3.63) is 54.0 Å². The molecule has 0 aliphatic heterocycles. The van der Waals surface area contributed by atoms with Crippen LogP contribution in [0.4, 0.5) is 4.79 Å². The molecular weight excluding hydrogens is 532 g/mol. The van der Waals surface area contributed by atoms with Gasteiger partial charge in [0, 0.05) is 24.2 Å². The summed E-state index contributed by atoms with van der Waals surface area (Å²) in [6.45, 7) is 19.0. The largest absolute Gasteiger partial charge is 0.467 e. The van der Waals surface area contributed by atoms with Crippen molar-refractivity contribution >= 4 is 31.0 Å². The Bertz CT molecular complexity index is 1410. The highest BCUT2D eigenvalue weighted by Gasteiger charge is 2.42. The topological polar surface area (TPSA) is 95.3 Å². The maximum Gasteiger partial charge on any atom is 0.408 e. The Balaban J connectivity index is 2.32. The number of carbonyl (C=O) groups is 2. The zero-order valence-electron chi connectivity index (χ0n) is 26.0. The summed E-state index contributed by atoms with van der Waals surface area (Å²) in [6, 6.07) is 8.67. The lowest BCUT2D eigenvalue weighted by molar-refractivity contribution is -0.143. The summed E-state index contributed by atoms with van der Waals surface area (Å²) in [4.78, 5) is 34.8. The van der Waals surface area contributed by atoms with Gasteiger partial charge in [0.15, 0.2) is 0 Å². The quantitative estimate of drug-likeness (QED) is 0.184. The van der Waals surface area contributed by atoms with Crippen LogP contribution in [0.1, 0.15) is 73.6 Å². The van der Waals surface area contributed by atoms with E-state index in [1.807, 2.05) is 28.8 Å². The van der Waals surface area contributed by atoms with Crippen LogP contribution in [0.25, 0.3) is 16.9 Å². The number of amides is 1. The molecule has 41 heavy (non-hydrogen) atoms.